The zero-order valence-electron chi connectivity index (χ0n) is 7.54. The Kier molecular flexibility index (Phi) is 3.61. The van der Waals surface area contributed by atoms with Crippen molar-refractivity contribution in [2.45, 2.75) is 19.1 Å². The molecule has 0 aliphatic heterocycles. The Morgan fingerprint density at radius 3 is 2.36 bits per heavy atom. The molecule has 0 aliphatic rings. The van der Waals surface area contributed by atoms with Gasteiger partial charge in [0.25, 0.3) is 0 Å². The van der Waals surface area contributed by atoms with Crippen molar-refractivity contribution in [1.29, 1.82) is 0 Å². The highest BCUT2D eigenvalue weighted by molar-refractivity contribution is 6.35. The molecular formula is C9H11Cl2NO2. The summed E-state index contributed by atoms with van der Waals surface area (Å²) >= 11 is 11.5. The fourth-order valence-electron chi connectivity index (χ4n) is 1.14. The van der Waals surface area contributed by atoms with Crippen molar-refractivity contribution in [3.8, 4) is 5.75 Å². The molecule has 0 saturated carbocycles. The van der Waals surface area contributed by atoms with Gasteiger partial charge in [-0.2, -0.15) is 0 Å². The second-order valence-electron chi connectivity index (χ2n) is 3.09. The van der Waals surface area contributed by atoms with E-state index in [0.29, 0.717) is 10.6 Å². The van der Waals surface area contributed by atoms with E-state index in [1.54, 1.807) is 0 Å². The molecule has 2 atom stereocenters. The Labute approximate surface area is 92.1 Å². The van der Waals surface area contributed by atoms with E-state index in [1.807, 2.05) is 0 Å². The molecule has 0 saturated heterocycles. The van der Waals surface area contributed by atoms with Gasteiger partial charge in [0, 0.05) is 10.6 Å². The van der Waals surface area contributed by atoms with Gasteiger partial charge in [0.1, 0.15) is 5.75 Å². The number of phenols is 1. The largest absolute Gasteiger partial charge is 0.507 e. The summed E-state index contributed by atoms with van der Waals surface area (Å²) in [7, 11) is 0. The third kappa shape index (κ3) is 2.30. The third-order valence-electron chi connectivity index (χ3n) is 1.93. The SMILES string of the molecule is CC(O)[C@@H](N)c1c(O)cc(Cl)cc1Cl. The van der Waals surface area contributed by atoms with Gasteiger partial charge in [0.2, 0.25) is 0 Å². The van der Waals surface area contributed by atoms with Gasteiger partial charge in [-0.1, -0.05) is 23.2 Å². The summed E-state index contributed by atoms with van der Waals surface area (Å²) < 4.78 is 0. The maximum atomic E-state index is 9.53. The molecule has 1 aromatic rings. The fraction of sp³-hybridized carbons (Fsp3) is 0.333. The molecule has 0 bridgehead atoms. The van der Waals surface area contributed by atoms with E-state index in [0.717, 1.165) is 0 Å². The van der Waals surface area contributed by atoms with Gasteiger partial charge in [-0.15, -0.1) is 0 Å². The first kappa shape index (κ1) is 11.6. The van der Waals surface area contributed by atoms with Crippen LogP contribution in [0.5, 0.6) is 5.75 Å². The second-order valence-corrected chi connectivity index (χ2v) is 3.93. The molecule has 1 aromatic carbocycles. The molecule has 1 rings (SSSR count). The molecule has 0 radical (unpaired) electrons. The quantitative estimate of drug-likeness (QED) is 0.736. The van der Waals surface area contributed by atoms with E-state index in [4.69, 9.17) is 28.9 Å². The normalized spacial score (nSPS) is 15.2. The van der Waals surface area contributed by atoms with Crippen molar-refractivity contribution in [2.75, 3.05) is 0 Å². The Morgan fingerprint density at radius 1 is 1.36 bits per heavy atom. The van der Waals surface area contributed by atoms with Crippen LogP contribution in [0.3, 0.4) is 0 Å². The Bertz CT molecular complexity index is 319. The van der Waals surface area contributed by atoms with E-state index in [1.165, 1.54) is 19.1 Å². The summed E-state index contributed by atoms with van der Waals surface area (Å²) in [5.41, 5.74) is 5.96. The van der Waals surface area contributed by atoms with Crippen molar-refractivity contribution in [1.82, 2.24) is 0 Å². The predicted molar refractivity (Wildman–Crippen MR) is 56.7 cm³/mol. The highest BCUT2D eigenvalue weighted by atomic mass is 35.5. The average molecular weight is 236 g/mol. The lowest BCUT2D eigenvalue weighted by atomic mass is 10.0. The smallest absolute Gasteiger partial charge is 0.123 e. The van der Waals surface area contributed by atoms with Gasteiger partial charge in [0.05, 0.1) is 17.2 Å². The number of aliphatic hydroxyl groups excluding tert-OH is 1. The van der Waals surface area contributed by atoms with Crippen LogP contribution in [0, 0.1) is 0 Å². The molecule has 78 valence electrons. The zero-order chi connectivity index (χ0) is 10.9. The summed E-state index contributed by atoms with van der Waals surface area (Å²) in [4.78, 5) is 0. The van der Waals surface area contributed by atoms with Gasteiger partial charge in [-0.25, -0.2) is 0 Å². The van der Waals surface area contributed by atoms with Crippen LogP contribution >= 0.6 is 23.2 Å². The highest BCUT2D eigenvalue weighted by Gasteiger charge is 2.19. The number of benzene rings is 1. The number of hydrogen-bond donors (Lipinski definition) is 3. The molecule has 0 heterocycles. The van der Waals surface area contributed by atoms with Crippen molar-refractivity contribution in [3.05, 3.63) is 27.7 Å². The number of nitrogens with two attached hydrogens (primary N) is 1. The highest BCUT2D eigenvalue weighted by Crippen LogP contribution is 2.34. The standard InChI is InChI=1S/C9H11Cl2NO2/c1-4(13)9(12)8-6(11)2-5(10)3-7(8)14/h2-4,9,13-14H,12H2,1H3/t4?,9-/m1/s1. The Morgan fingerprint density at radius 2 is 1.93 bits per heavy atom. The molecule has 0 amide bonds. The topological polar surface area (TPSA) is 66.5 Å². The molecule has 0 spiro atoms. The monoisotopic (exact) mass is 235 g/mol. The van der Waals surface area contributed by atoms with E-state index in [2.05, 4.69) is 0 Å². The van der Waals surface area contributed by atoms with E-state index in [-0.39, 0.29) is 10.8 Å². The number of hydrogen-bond acceptors (Lipinski definition) is 3. The van der Waals surface area contributed by atoms with Gasteiger partial charge in [0.15, 0.2) is 0 Å². The minimum Gasteiger partial charge on any atom is -0.507 e. The van der Waals surface area contributed by atoms with E-state index < -0.39 is 12.1 Å². The Hall–Kier alpha value is -0.480. The first-order valence-electron chi connectivity index (χ1n) is 4.05. The van der Waals surface area contributed by atoms with Gasteiger partial charge in [-0.3, -0.25) is 0 Å². The molecule has 0 fully saturated rings. The number of rotatable bonds is 2. The average Bonchev–Trinajstić information content (AvgIpc) is 2.01. The van der Waals surface area contributed by atoms with E-state index in [9.17, 15) is 10.2 Å². The van der Waals surface area contributed by atoms with Gasteiger partial charge < -0.3 is 15.9 Å². The fourth-order valence-corrected chi connectivity index (χ4v) is 1.75. The number of aliphatic hydroxyl groups is 1. The Balaban J connectivity index is 3.20. The molecule has 1 unspecified atom stereocenters. The summed E-state index contributed by atoms with van der Waals surface area (Å²) in [5, 5.41) is 19.4. The number of phenolic OH excluding ortho intramolecular Hbond substituents is 1. The zero-order valence-corrected chi connectivity index (χ0v) is 9.05. The van der Waals surface area contributed by atoms with Crippen LogP contribution in [0.2, 0.25) is 10.0 Å². The van der Waals surface area contributed by atoms with Crippen LogP contribution < -0.4 is 5.73 Å². The first-order chi connectivity index (χ1) is 6.43. The minimum absolute atomic E-state index is 0.101. The third-order valence-corrected chi connectivity index (χ3v) is 2.46. The van der Waals surface area contributed by atoms with E-state index >= 15 is 0 Å². The molecular weight excluding hydrogens is 225 g/mol. The maximum absolute atomic E-state index is 9.53. The molecule has 4 N–H and O–H groups in total. The predicted octanol–water partition coefficient (Wildman–Crippen LogP) is 2.08. The maximum Gasteiger partial charge on any atom is 0.123 e. The first-order valence-corrected chi connectivity index (χ1v) is 4.80. The molecule has 14 heavy (non-hydrogen) atoms. The van der Waals surface area contributed by atoms with Crippen molar-refractivity contribution < 1.29 is 10.2 Å². The van der Waals surface area contributed by atoms with Crippen molar-refractivity contribution in [2.24, 2.45) is 5.73 Å². The molecule has 0 aliphatic carbocycles. The van der Waals surface area contributed by atoms with Crippen LogP contribution in [0.1, 0.15) is 18.5 Å². The molecule has 0 aromatic heterocycles. The van der Waals surface area contributed by atoms with Crippen LogP contribution in [-0.2, 0) is 0 Å². The number of aromatic hydroxyl groups is 1. The number of halogens is 2. The summed E-state index contributed by atoms with van der Waals surface area (Å²) in [6.45, 7) is 1.52. The lowest BCUT2D eigenvalue weighted by Crippen LogP contribution is -2.23. The lowest BCUT2D eigenvalue weighted by molar-refractivity contribution is 0.163. The van der Waals surface area contributed by atoms with Crippen LogP contribution in [0.4, 0.5) is 0 Å². The van der Waals surface area contributed by atoms with Crippen LogP contribution in [-0.4, -0.2) is 16.3 Å². The summed E-state index contributed by atoms with van der Waals surface area (Å²) in [6, 6.07) is 2.09. The minimum atomic E-state index is -0.792. The van der Waals surface area contributed by atoms with Gasteiger partial charge >= 0.3 is 0 Å². The van der Waals surface area contributed by atoms with Crippen molar-refractivity contribution in [3.63, 3.8) is 0 Å². The molecule has 5 heteroatoms. The van der Waals surface area contributed by atoms with Crippen LogP contribution in [0.25, 0.3) is 0 Å². The van der Waals surface area contributed by atoms with Crippen molar-refractivity contribution >= 4 is 23.2 Å². The summed E-state index contributed by atoms with van der Waals surface area (Å²) in [6.07, 6.45) is -0.792. The summed E-state index contributed by atoms with van der Waals surface area (Å²) in [5.74, 6) is -0.101. The van der Waals surface area contributed by atoms with Crippen LogP contribution in [0.15, 0.2) is 12.1 Å². The lowest BCUT2D eigenvalue weighted by Gasteiger charge is -2.17. The van der Waals surface area contributed by atoms with Gasteiger partial charge in [-0.05, 0) is 19.1 Å². The molecule has 3 nitrogen and oxygen atoms in total. The second kappa shape index (κ2) is 4.36.